The summed E-state index contributed by atoms with van der Waals surface area (Å²) < 4.78 is 52.2. The Morgan fingerprint density at radius 3 is 1.58 bits per heavy atom. The van der Waals surface area contributed by atoms with Gasteiger partial charge in [-0.2, -0.15) is 16.8 Å². The van der Waals surface area contributed by atoms with Crippen molar-refractivity contribution in [3.63, 3.8) is 0 Å². The molecule has 0 amide bonds. The number of rotatable bonds is 5. The van der Waals surface area contributed by atoms with Crippen LogP contribution in [0.4, 0.5) is 5.13 Å². The molecule has 9 heteroatoms. The van der Waals surface area contributed by atoms with Crippen LogP contribution < -0.4 is 3.71 Å². The highest BCUT2D eigenvalue weighted by Crippen LogP contribution is 2.31. The lowest BCUT2D eigenvalue weighted by Gasteiger charge is -2.21. The molecule has 1 heterocycles. The zero-order valence-electron chi connectivity index (χ0n) is 12.2. The molecule has 0 aliphatic rings. The standard InChI is InChI=1S/C15H12N2O4S3/c18-23(19,13-7-3-1-4-8-13)17(15-16-11-12-22-15)24(20,21)14-9-5-2-6-10-14/h1-12H. The molecule has 124 valence electrons. The molecule has 6 nitrogen and oxygen atoms in total. The molecule has 0 saturated carbocycles. The fourth-order valence-corrected chi connectivity index (χ4v) is 6.76. The summed E-state index contributed by atoms with van der Waals surface area (Å²) in [5.74, 6) is 0. The topological polar surface area (TPSA) is 84.4 Å². The van der Waals surface area contributed by atoms with Gasteiger partial charge in [0.2, 0.25) is 5.13 Å². The van der Waals surface area contributed by atoms with Gasteiger partial charge in [-0.1, -0.05) is 36.4 Å². The summed E-state index contributed by atoms with van der Waals surface area (Å²) in [5, 5.41) is 1.38. The first kappa shape index (κ1) is 16.6. The molecule has 0 bridgehead atoms. The zero-order valence-corrected chi connectivity index (χ0v) is 14.6. The summed E-state index contributed by atoms with van der Waals surface area (Å²) in [4.78, 5) is 3.64. The Morgan fingerprint density at radius 1 is 0.750 bits per heavy atom. The van der Waals surface area contributed by atoms with Crippen molar-refractivity contribution in [1.82, 2.24) is 4.98 Å². The van der Waals surface area contributed by atoms with Gasteiger partial charge in [-0.3, -0.25) is 0 Å². The molecule has 3 aromatic rings. The number of benzene rings is 2. The molecule has 0 N–H and O–H groups in total. The van der Waals surface area contributed by atoms with Crippen LogP contribution in [0.25, 0.3) is 0 Å². The van der Waals surface area contributed by atoms with Gasteiger partial charge < -0.3 is 0 Å². The highest BCUT2D eigenvalue weighted by molar-refractivity contribution is 8.10. The third-order valence-corrected chi connectivity index (χ3v) is 8.21. The smallest absolute Gasteiger partial charge is 0.227 e. The van der Waals surface area contributed by atoms with Gasteiger partial charge >= 0.3 is 0 Å². The van der Waals surface area contributed by atoms with E-state index in [2.05, 4.69) is 4.98 Å². The van der Waals surface area contributed by atoms with Crippen LogP contribution in [0.3, 0.4) is 0 Å². The molecular formula is C15H12N2O4S3. The normalized spacial score (nSPS) is 12.0. The number of anilines is 1. The van der Waals surface area contributed by atoms with Crippen molar-refractivity contribution in [1.29, 1.82) is 0 Å². The zero-order chi connectivity index (χ0) is 17.2. The van der Waals surface area contributed by atoms with Gasteiger partial charge in [0.1, 0.15) is 0 Å². The predicted molar refractivity (Wildman–Crippen MR) is 91.8 cm³/mol. The molecule has 3 rings (SSSR count). The summed E-state index contributed by atoms with van der Waals surface area (Å²) in [6.45, 7) is 0. The Hall–Kier alpha value is -2.23. The third kappa shape index (κ3) is 2.93. The van der Waals surface area contributed by atoms with E-state index in [1.165, 1.54) is 60.1 Å². The van der Waals surface area contributed by atoms with Gasteiger partial charge in [-0.05, 0) is 24.3 Å². The third-order valence-electron chi connectivity index (χ3n) is 3.09. The number of sulfonamides is 2. The Balaban J connectivity index is 2.24. The molecule has 0 saturated heterocycles. The number of nitrogens with zero attached hydrogens (tertiary/aromatic N) is 2. The minimum atomic E-state index is -4.34. The molecule has 0 radical (unpaired) electrons. The maximum Gasteiger partial charge on any atom is 0.279 e. The van der Waals surface area contributed by atoms with Gasteiger partial charge in [-0.25, -0.2) is 4.98 Å². The first-order chi connectivity index (χ1) is 11.4. The Kier molecular flexibility index (Phi) is 4.39. The van der Waals surface area contributed by atoms with Crippen molar-refractivity contribution in [3.8, 4) is 0 Å². The van der Waals surface area contributed by atoms with E-state index in [0.717, 1.165) is 11.3 Å². The molecule has 0 aliphatic carbocycles. The molecule has 1 aromatic heterocycles. The van der Waals surface area contributed by atoms with Crippen molar-refractivity contribution in [2.75, 3.05) is 3.71 Å². The maximum atomic E-state index is 13.0. The van der Waals surface area contributed by atoms with Crippen LogP contribution in [0.1, 0.15) is 0 Å². The number of thiazole rings is 1. The van der Waals surface area contributed by atoms with Crippen molar-refractivity contribution in [3.05, 3.63) is 72.2 Å². The molecule has 0 unspecified atom stereocenters. The van der Waals surface area contributed by atoms with E-state index >= 15 is 0 Å². The van der Waals surface area contributed by atoms with E-state index < -0.39 is 20.0 Å². The first-order valence-corrected chi connectivity index (χ1v) is 10.5. The lowest BCUT2D eigenvalue weighted by Crippen LogP contribution is -2.37. The van der Waals surface area contributed by atoms with E-state index in [4.69, 9.17) is 0 Å². The lowest BCUT2D eigenvalue weighted by molar-refractivity contribution is 0.584. The predicted octanol–water partition coefficient (Wildman–Crippen LogP) is 2.73. The quantitative estimate of drug-likeness (QED) is 0.679. The van der Waals surface area contributed by atoms with E-state index in [1.54, 1.807) is 12.1 Å². The SMILES string of the molecule is O=S(=O)(c1ccccc1)N(c1nccs1)S(=O)(=O)c1ccccc1. The fourth-order valence-electron chi connectivity index (χ4n) is 2.02. The number of aromatic nitrogens is 1. The Morgan fingerprint density at radius 2 is 1.21 bits per heavy atom. The summed E-state index contributed by atoms with van der Waals surface area (Å²) >= 11 is 0.931. The van der Waals surface area contributed by atoms with Crippen molar-refractivity contribution >= 4 is 36.5 Å². The molecule has 0 aliphatic heterocycles. The lowest BCUT2D eigenvalue weighted by atomic mass is 10.4. The summed E-state index contributed by atoms with van der Waals surface area (Å²) in [7, 11) is -8.67. The average Bonchev–Trinajstić information content (AvgIpc) is 3.10. The summed E-state index contributed by atoms with van der Waals surface area (Å²) in [6.07, 6.45) is 1.36. The summed E-state index contributed by atoms with van der Waals surface area (Å²) in [5.41, 5.74) is 0. The van der Waals surface area contributed by atoms with Crippen LogP contribution in [0, 0.1) is 0 Å². The monoisotopic (exact) mass is 380 g/mol. The van der Waals surface area contributed by atoms with E-state index in [9.17, 15) is 16.8 Å². The Labute approximate surface area is 144 Å². The second-order valence-electron chi connectivity index (χ2n) is 4.65. The minimum Gasteiger partial charge on any atom is -0.227 e. The first-order valence-electron chi connectivity index (χ1n) is 6.74. The average molecular weight is 380 g/mol. The van der Waals surface area contributed by atoms with Crippen LogP contribution >= 0.6 is 11.3 Å². The Bertz CT molecular complexity index is 947. The molecule has 0 spiro atoms. The maximum absolute atomic E-state index is 13.0. The molecule has 0 atom stereocenters. The number of hydrogen-bond donors (Lipinski definition) is 0. The van der Waals surface area contributed by atoms with Crippen LogP contribution in [-0.4, -0.2) is 21.8 Å². The van der Waals surface area contributed by atoms with Gasteiger partial charge in [0, 0.05) is 11.6 Å². The van der Waals surface area contributed by atoms with Gasteiger partial charge in [0.15, 0.2) is 0 Å². The van der Waals surface area contributed by atoms with Crippen LogP contribution in [0.15, 0.2) is 82.0 Å². The molecule has 0 fully saturated rings. The minimum absolute atomic E-state index is 0.125. The highest BCUT2D eigenvalue weighted by atomic mass is 32.3. The van der Waals surface area contributed by atoms with Crippen LogP contribution in [0.2, 0.25) is 0 Å². The van der Waals surface area contributed by atoms with Crippen molar-refractivity contribution in [2.24, 2.45) is 0 Å². The largest absolute Gasteiger partial charge is 0.279 e. The molecule has 2 aromatic carbocycles. The van der Waals surface area contributed by atoms with Gasteiger partial charge in [0.05, 0.1) is 9.79 Å². The van der Waals surface area contributed by atoms with Gasteiger partial charge in [-0.15, -0.1) is 15.0 Å². The van der Waals surface area contributed by atoms with Crippen LogP contribution in [0.5, 0.6) is 0 Å². The summed E-state index contributed by atoms with van der Waals surface area (Å²) in [6, 6.07) is 14.8. The van der Waals surface area contributed by atoms with E-state index in [0.29, 0.717) is 3.71 Å². The van der Waals surface area contributed by atoms with Gasteiger partial charge in [0.25, 0.3) is 20.0 Å². The molecular weight excluding hydrogens is 368 g/mol. The number of hydrogen-bond acceptors (Lipinski definition) is 6. The van der Waals surface area contributed by atoms with Crippen molar-refractivity contribution in [2.45, 2.75) is 9.79 Å². The van der Waals surface area contributed by atoms with E-state index in [-0.39, 0.29) is 14.9 Å². The second kappa shape index (κ2) is 6.34. The van der Waals surface area contributed by atoms with Crippen LogP contribution in [-0.2, 0) is 20.0 Å². The highest BCUT2D eigenvalue weighted by Gasteiger charge is 2.38. The molecule has 24 heavy (non-hydrogen) atoms. The second-order valence-corrected chi connectivity index (χ2v) is 9.33. The van der Waals surface area contributed by atoms with Crippen molar-refractivity contribution < 1.29 is 16.8 Å². The van der Waals surface area contributed by atoms with E-state index in [1.807, 2.05) is 0 Å². The fraction of sp³-hybridized carbons (Fsp3) is 0.